The summed E-state index contributed by atoms with van der Waals surface area (Å²) in [4.78, 5) is 30.7. The Hall–Kier alpha value is -1.91. The van der Waals surface area contributed by atoms with E-state index in [1.807, 2.05) is 0 Å². The second-order valence-electron chi connectivity index (χ2n) is 4.91. The predicted molar refractivity (Wildman–Crippen MR) is 87.0 cm³/mol. The van der Waals surface area contributed by atoms with Crippen LogP contribution in [0.1, 0.15) is 5.69 Å². The van der Waals surface area contributed by atoms with Crippen LogP contribution in [-0.2, 0) is 45.9 Å². The van der Waals surface area contributed by atoms with Gasteiger partial charge < -0.3 is 9.97 Å². The largest absolute Gasteiger partial charge is 0.431 e. The van der Waals surface area contributed by atoms with E-state index in [0.717, 1.165) is 19.2 Å². The minimum atomic E-state index is -4.88. The van der Waals surface area contributed by atoms with Crippen LogP contribution in [0, 0.1) is 18.2 Å². The molecule has 3 rings (SSSR count). The predicted octanol–water partition coefficient (Wildman–Crippen LogP) is 2.42. The SMILES string of the molecule is Cn1c(C(F)(F)F)cc(=O)n(-c2c[c-]c(Cl)cc2F)c1=O.[Y].[c-]1ncccn1. The number of aromatic nitrogens is 4. The molecule has 0 amide bonds. The summed E-state index contributed by atoms with van der Waals surface area (Å²) in [6.07, 6.45) is 0.778. The van der Waals surface area contributed by atoms with Crippen LogP contribution in [0.4, 0.5) is 17.6 Å². The van der Waals surface area contributed by atoms with E-state index in [1.165, 1.54) is 0 Å². The van der Waals surface area contributed by atoms with Gasteiger partial charge in [0.2, 0.25) is 5.56 Å². The Balaban J connectivity index is 0.000000478. The molecule has 1 aromatic carbocycles. The fourth-order valence-corrected chi connectivity index (χ4v) is 2.10. The fraction of sp³-hybridized carbons (Fsp3) is 0.125. The van der Waals surface area contributed by atoms with Crippen molar-refractivity contribution in [3.05, 3.63) is 86.4 Å². The number of benzene rings is 1. The molecule has 12 heteroatoms. The Morgan fingerprint density at radius 3 is 2.18 bits per heavy atom. The molecule has 0 atom stereocenters. The molecule has 0 bridgehead atoms. The third-order valence-corrected chi connectivity index (χ3v) is 3.35. The molecule has 28 heavy (non-hydrogen) atoms. The minimum absolute atomic E-state index is 0. The molecule has 0 saturated carbocycles. The summed E-state index contributed by atoms with van der Waals surface area (Å²) < 4.78 is 52.2. The average Bonchev–Trinajstić information content (AvgIpc) is 2.61. The van der Waals surface area contributed by atoms with Gasteiger partial charge in [-0.25, -0.2) is 9.18 Å². The van der Waals surface area contributed by atoms with Crippen molar-refractivity contribution >= 4 is 11.6 Å². The van der Waals surface area contributed by atoms with Gasteiger partial charge in [0.05, 0.1) is 0 Å². The molecule has 0 aliphatic rings. The van der Waals surface area contributed by atoms with Gasteiger partial charge in [0, 0.05) is 58.0 Å². The summed E-state index contributed by atoms with van der Waals surface area (Å²) in [5, 5.41) is -0.104. The first-order chi connectivity index (χ1) is 12.6. The van der Waals surface area contributed by atoms with Gasteiger partial charge in [-0.1, -0.05) is 17.4 Å². The second kappa shape index (κ2) is 10.0. The molecule has 0 unspecified atom stereocenters. The number of hydrogen-bond donors (Lipinski definition) is 0. The van der Waals surface area contributed by atoms with E-state index in [2.05, 4.69) is 22.4 Å². The maximum Gasteiger partial charge on any atom is 0.431 e. The molecule has 0 aliphatic heterocycles. The zero-order valence-electron chi connectivity index (χ0n) is 14.0. The Morgan fingerprint density at radius 2 is 1.75 bits per heavy atom. The molecule has 3 aromatic rings. The molecule has 0 N–H and O–H groups in total. The maximum atomic E-state index is 13.7. The van der Waals surface area contributed by atoms with Crippen molar-refractivity contribution < 1.29 is 50.3 Å². The van der Waals surface area contributed by atoms with Crippen molar-refractivity contribution in [2.75, 3.05) is 0 Å². The number of nitrogens with zero attached hydrogens (tertiary/aromatic N) is 4. The van der Waals surface area contributed by atoms with Gasteiger partial charge in [0.1, 0.15) is 5.69 Å². The van der Waals surface area contributed by atoms with Crippen LogP contribution in [0.25, 0.3) is 5.69 Å². The molecule has 0 spiro atoms. The van der Waals surface area contributed by atoms with Gasteiger partial charge >= 0.3 is 11.9 Å². The van der Waals surface area contributed by atoms with Crippen molar-refractivity contribution in [1.82, 2.24) is 19.1 Å². The summed E-state index contributed by atoms with van der Waals surface area (Å²) in [5.74, 6) is -1.03. The summed E-state index contributed by atoms with van der Waals surface area (Å²) in [5.41, 5.74) is -4.59. The van der Waals surface area contributed by atoms with Gasteiger partial charge in [0.25, 0.3) is 0 Å². The van der Waals surface area contributed by atoms with Gasteiger partial charge in [-0.3, -0.25) is 13.9 Å². The minimum Gasteiger partial charge on any atom is -0.374 e. The summed E-state index contributed by atoms with van der Waals surface area (Å²) in [6, 6.07) is 6.02. The third-order valence-electron chi connectivity index (χ3n) is 3.13. The Bertz CT molecular complexity index is 1030. The van der Waals surface area contributed by atoms with Crippen molar-refractivity contribution in [3.8, 4) is 5.69 Å². The van der Waals surface area contributed by atoms with Crippen molar-refractivity contribution in [2.24, 2.45) is 7.05 Å². The standard InChI is InChI=1S/C12H6ClF4N2O2.C4H3N2.Y/c1-18-9(12(15,16)17)5-10(20)19(11(18)21)8-3-2-6(13)4-7(8)14;1-2-5-4-6-3-1;/h3-5H,1H3;1-3H;/q2*-1;. The van der Waals surface area contributed by atoms with Crippen LogP contribution in [-0.4, -0.2) is 19.1 Å². The first kappa shape index (κ1) is 24.1. The molecule has 0 aliphatic carbocycles. The van der Waals surface area contributed by atoms with Crippen molar-refractivity contribution in [2.45, 2.75) is 6.18 Å². The monoisotopic (exact) mass is 489 g/mol. The third kappa shape index (κ3) is 5.79. The van der Waals surface area contributed by atoms with Crippen LogP contribution >= 0.6 is 11.6 Å². The van der Waals surface area contributed by atoms with E-state index in [-0.39, 0.29) is 52.9 Å². The van der Waals surface area contributed by atoms with E-state index in [0.29, 0.717) is 0 Å². The molecule has 1 radical (unpaired) electrons. The first-order valence-electron chi connectivity index (χ1n) is 7.03. The summed E-state index contributed by atoms with van der Waals surface area (Å²) in [7, 11) is 0.832. The van der Waals surface area contributed by atoms with Gasteiger partial charge in [-0.2, -0.15) is 19.2 Å². The number of rotatable bonds is 1. The van der Waals surface area contributed by atoms with E-state index in [1.54, 1.807) is 18.5 Å². The Kier molecular flexibility index (Phi) is 8.65. The molecule has 145 valence electrons. The number of alkyl halides is 3. The molecule has 2 aromatic heterocycles. The maximum absolute atomic E-state index is 13.7. The van der Waals surface area contributed by atoms with Crippen LogP contribution in [0.3, 0.4) is 0 Å². The first-order valence-corrected chi connectivity index (χ1v) is 7.41. The smallest absolute Gasteiger partial charge is 0.374 e. The van der Waals surface area contributed by atoms with Gasteiger partial charge in [-0.05, 0) is 5.69 Å². The summed E-state index contributed by atoms with van der Waals surface area (Å²) >= 11 is 5.49. The molecule has 2 heterocycles. The van der Waals surface area contributed by atoms with E-state index < -0.39 is 34.6 Å². The quantitative estimate of drug-likeness (QED) is 0.389. The van der Waals surface area contributed by atoms with Gasteiger partial charge in [-0.15, -0.1) is 29.8 Å². The molecular weight excluding hydrogens is 481 g/mol. The normalized spacial score (nSPS) is 10.5. The molecule has 6 nitrogen and oxygen atoms in total. The molecular formula is C16H9ClF4N4O2Y-2. The van der Waals surface area contributed by atoms with E-state index in [4.69, 9.17) is 11.6 Å². The van der Waals surface area contributed by atoms with Crippen molar-refractivity contribution in [1.29, 1.82) is 0 Å². The number of halogens is 5. The topological polar surface area (TPSA) is 69.8 Å². The average molecular weight is 490 g/mol. The zero-order valence-corrected chi connectivity index (χ0v) is 17.6. The van der Waals surface area contributed by atoms with Crippen molar-refractivity contribution in [3.63, 3.8) is 0 Å². The van der Waals surface area contributed by atoms with E-state index in [9.17, 15) is 27.2 Å². The van der Waals surface area contributed by atoms with Crippen LogP contribution in [0.2, 0.25) is 5.02 Å². The molecule has 0 saturated heterocycles. The van der Waals surface area contributed by atoms with Crippen LogP contribution < -0.4 is 11.2 Å². The van der Waals surface area contributed by atoms with Crippen LogP contribution in [0.15, 0.2) is 46.2 Å². The van der Waals surface area contributed by atoms with E-state index >= 15 is 0 Å². The fourth-order valence-electron chi connectivity index (χ4n) is 1.95. The summed E-state index contributed by atoms with van der Waals surface area (Å²) in [6.45, 7) is 0. The van der Waals surface area contributed by atoms with Crippen LogP contribution in [0.5, 0.6) is 0 Å². The molecule has 0 fully saturated rings. The zero-order chi connectivity index (χ0) is 20.2. The second-order valence-corrected chi connectivity index (χ2v) is 5.31. The van der Waals surface area contributed by atoms with Gasteiger partial charge in [0.15, 0.2) is 0 Å². The number of hydrogen-bond acceptors (Lipinski definition) is 4. The Morgan fingerprint density at radius 1 is 1.14 bits per heavy atom. The Labute approximate surface area is 185 Å².